The van der Waals surface area contributed by atoms with Crippen molar-refractivity contribution in [2.45, 2.75) is 36.7 Å². The van der Waals surface area contributed by atoms with Crippen molar-refractivity contribution in [2.75, 3.05) is 48.3 Å². The van der Waals surface area contributed by atoms with Gasteiger partial charge in [0.05, 0.1) is 32.4 Å². The van der Waals surface area contributed by atoms with Gasteiger partial charge in [-0.1, -0.05) is 24.3 Å². The summed E-state index contributed by atoms with van der Waals surface area (Å²) in [5.41, 5.74) is 7.53. The van der Waals surface area contributed by atoms with Gasteiger partial charge in [-0.15, -0.1) is 0 Å². The third-order valence-corrected chi connectivity index (χ3v) is 9.10. The standard InChI is InChI=1S/C25H30F2N6O2S/c26-23(27)17-6-7-21-20(14-17)24(32-10-8-19(28)16-32)31-25(30-21)33-11-13-36(35,29-9-3-12-34)22-5-2-1-4-18(22)15-33/h1-2,4-7,14,19,23,34H,3,8-13,15-16,28H2/t19-,36?/m0/s1. The van der Waals surface area contributed by atoms with Gasteiger partial charge in [-0.05, 0) is 36.6 Å². The molecule has 1 fully saturated rings. The summed E-state index contributed by atoms with van der Waals surface area (Å²) in [4.78, 5) is 14.3. The van der Waals surface area contributed by atoms with Crippen LogP contribution in [-0.4, -0.2) is 63.9 Å². The second kappa shape index (κ2) is 10.2. The lowest BCUT2D eigenvalue weighted by Crippen LogP contribution is -2.30. The summed E-state index contributed by atoms with van der Waals surface area (Å²) < 4.78 is 45.4. The first-order valence-electron chi connectivity index (χ1n) is 12.1. The molecule has 2 aliphatic heterocycles. The summed E-state index contributed by atoms with van der Waals surface area (Å²) in [6.07, 6.45) is -1.34. The molecule has 1 aromatic heterocycles. The molecule has 2 atom stereocenters. The van der Waals surface area contributed by atoms with Gasteiger partial charge in [0.25, 0.3) is 6.43 Å². The predicted molar refractivity (Wildman–Crippen MR) is 137 cm³/mol. The number of halogens is 2. The van der Waals surface area contributed by atoms with Crippen molar-refractivity contribution in [2.24, 2.45) is 10.1 Å². The van der Waals surface area contributed by atoms with Gasteiger partial charge in [0.15, 0.2) is 0 Å². The van der Waals surface area contributed by atoms with Gasteiger partial charge >= 0.3 is 0 Å². The topological polar surface area (TPSA) is 108 Å². The average Bonchev–Trinajstić information content (AvgIpc) is 3.25. The van der Waals surface area contributed by atoms with Crippen LogP contribution in [0.3, 0.4) is 0 Å². The highest BCUT2D eigenvalue weighted by atomic mass is 32.2. The van der Waals surface area contributed by atoms with E-state index in [9.17, 15) is 13.0 Å². The second-order valence-electron chi connectivity index (χ2n) is 9.22. The number of rotatable bonds is 6. The van der Waals surface area contributed by atoms with Crippen molar-refractivity contribution >= 4 is 32.4 Å². The van der Waals surface area contributed by atoms with Crippen LogP contribution in [-0.2, 0) is 16.3 Å². The second-order valence-corrected chi connectivity index (χ2v) is 11.6. The van der Waals surface area contributed by atoms with Crippen LogP contribution < -0.4 is 15.5 Å². The van der Waals surface area contributed by atoms with Gasteiger partial charge in [-0.3, -0.25) is 0 Å². The molecule has 1 saturated heterocycles. The van der Waals surface area contributed by atoms with E-state index in [2.05, 4.69) is 4.36 Å². The molecule has 0 radical (unpaired) electrons. The average molecular weight is 517 g/mol. The molecule has 0 amide bonds. The van der Waals surface area contributed by atoms with Crippen LogP contribution >= 0.6 is 0 Å². The van der Waals surface area contributed by atoms with Crippen LogP contribution in [0.2, 0.25) is 0 Å². The molecule has 8 nitrogen and oxygen atoms in total. The molecule has 0 spiro atoms. The number of aliphatic hydroxyl groups excluding tert-OH is 1. The number of hydrogen-bond donors (Lipinski definition) is 2. The maximum absolute atomic E-state index is 13.9. The minimum Gasteiger partial charge on any atom is -0.396 e. The van der Waals surface area contributed by atoms with Crippen molar-refractivity contribution in [1.82, 2.24) is 9.97 Å². The van der Waals surface area contributed by atoms with Gasteiger partial charge in [0.2, 0.25) is 5.95 Å². The minimum absolute atomic E-state index is 0.00602. The molecule has 2 aromatic carbocycles. The molecular weight excluding hydrogens is 486 g/mol. The number of aliphatic hydroxyl groups is 1. The Morgan fingerprint density at radius 2 is 2.00 bits per heavy atom. The maximum Gasteiger partial charge on any atom is 0.263 e. The van der Waals surface area contributed by atoms with Gasteiger partial charge < -0.3 is 20.6 Å². The summed E-state index contributed by atoms with van der Waals surface area (Å²) in [5.74, 6) is 1.35. The van der Waals surface area contributed by atoms with Crippen molar-refractivity contribution < 1.29 is 18.1 Å². The van der Waals surface area contributed by atoms with Crippen molar-refractivity contribution in [3.05, 3.63) is 53.6 Å². The number of alkyl halides is 2. The van der Waals surface area contributed by atoms with Crippen molar-refractivity contribution in [3.63, 3.8) is 0 Å². The Balaban J connectivity index is 1.58. The van der Waals surface area contributed by atoms with Crippen molar-refractivity contribution in [1.29, 1.82) is 0 Å². The van der Waals surface area contributed by atoms with E-state index in [1.165, 1.54) is 12.1 Å². The van der Waals surface area contributed by atoms with Crippen LogP contribution in [0.15, 0.2) is 51.7 Å². The summed E-state index contributed by atoms with van der Waals surface area (Å²) in [5, 5.41) is 9.73. The largest absolute Gasteiger partial charge is 0.396 e. The Morgan fingerprint density at radius 3 is 2.75 bits per heavy atom. The van der Waals surface area contributed by atoms with E-state index in [0.29, 0.717) is 72.5 Å². The number of hydrogen-bond acceptors (Lipinski definition) is 8. The first-order chi connectivity index (χ1) is 17.4. The Morgan fingerprint density at radius 1 is 1.17 bits per heavy atom. The van der Waals surface area contributed by atoms with Crippen LogP contribution in [0.5, 0.6) is 0 Å². The quantitative estimate of drug-likeness (QED) is 0.484. The fourth-order valence-electron chi connectivity index (χ4n) is 4.78. The molecule has 11 heteroatoms. The van der Waals surface area contributed by atoms with Gasteiger partial charge in [-0.25, -0.2) is 22.3 Å². The molecule has 1 unspecified atom stereocenters. The first-order valence-corrected chi connectivity index (χ1v) is 13.8. The fourth-order valence-corrected chi connectivity index (χ4v) is 6.99. The smallest absolute Gasteiger partial charge is 0.263 e. The third kappa shape index (κ3) is 4.87. The lowest BCUT2D eigenvalue weighted by molar-refractivity contribution is 0.151. The zero-order valence-electron chi connectivity index (χ0n) is 19.9. The molecule has 192 valence electrons. The van der Waals surface area contributed by atoms with Gasteiger partial charge in [0.1, 0.15) is 5.82 Å². The van der Waals surface area contributed by atoms with E-state index >= 15 is 0 Å². The number of anilines is 2. The Kier molecular flexibility index (Phi) is 7.05. The van der Waals surface area contributed by atoms with Crippen LogP contribution in [0.1, 0.15) is 30.4 Å². The molecule has 0 bridgehead atoms. The zero-order chi connectivity index (χ0) is 25.3. The Bertz CT molecular complexity index is 1380. The van der Waals surface area contributed by atoms with Crippen LogP contribution in [0.4, 0.5) is 20.5 Å². The Hall–Kier alpha value is -2.89. The number of benzene rings is 2. The van der Waals surface area contributed by atoms with E-state index in [0.717, 1.165) is 12.0 Å². The minimum atomic E-state index is -2.68. The van der Waals surface area contributed by atoms with E-state index in [-0.39, 0.29) is 18.2 Å². The molecule has 3 aromatic rings. The van der Waals surface area contributed by atoms with E-state index < -0.39 is 16.2 Å². The molecule has 2 aliphatic rings. The van der Waals surface area contributed by atoms with Gasteiger partial charge in [0, 0.05) is 49.8 Å². The summed E-state index contributed by atoms with van der Waals surface area (Å²) in [6.45, 7) is 2.45. The molecule has 0 saturated carbocycles. The monoisotopic (exact) mass is 516 g/mol. The normalized spacial score (nSPS) is 22.2. The van der Waals surface area contributed by atoms with E-state index in [4.69, 9.17) is 20.8 Å². The molecule has 36 heavy (non-hydrogen) atoms. The highest BCUT2D eigenvalue weighted by Crippen LogP contribution is 2.33. The number of fused-ring (bicyclic) bond motifs is 2. The highest BCUT2D eigenvalue weighted by molar-refractivity contribution is 7.93. The van der Waals surface area contributed by atoms with Crippen LogP contribution in [0.25, 0.3) is 10.9 Å². The molecule has 3 heterocycles. The summed E-state index contributed by atoms with van der Waals surface area (Å²) in [7, 11) is -2.68. The SMILES string of the molecule is N[C@H]1CCN(c2nc(N3CCS(=O)(=NCCCO)c4ccccc4C3)nc3ccc(C(F)F)cc23)C1. The number of nitrogens with two attached hydrogens (primary N) is 1. The molecule has 3 N–H and O–H groups in total. The Labute approximate surface area is 209 Å². The zero-order valence-corrected chi connectivity index (χ0v) is 20.7. The highest BCUT2D eigenvalue weighted by Gasteiger charge is 2.28. The third-order valence-electron chi connectivity index (χ3n) is 6.68. The van der Waals surface area contributed by atoms with E-state index in [1.807, 2.05) is 34.1 Å². The predicted octanol–water partition coefficient (Wildman–Crippen LogP) is 3.33. The number of nitrogens with zero attached hydrogens (tertiary/aromatic N) is 5. The summed E-state index contributed by atoms with van der Waals surface area (Å²) >= 11 is 0. The van der Waals surface area contributed by atoms with Crippen LogP contribution in [0, 0.1) is 0 Å². The van der Waals surface area contributed by atoms with Crippen molar-refractivity contribution in [3.8, 4) is 0 Å². The maximum atomic E-state index is 13.9. The van der Waals surface area contributed by atoms with E-state index in [1.54, 1.807) is 6.07 Å². The molecule has 0 aliphatic carbocycles. The lowest BCUT2D eigenvalue weighted by atomic mass is 10.1. The van der Waals surface area contributed by atoms with Gasteiger partial charge in [-0.2, -0.15) is 4.98 Å². The lowest BCUT2D eigenvalue weighted by Gasteiger charge is -2.25. The summed E-state index contributed by atoms with van der Waals surface area (Å²) in [6, 6.07) is 12.0. The fraction of sp³-hybridized carbons (Fsp3) is 0.440. The first kappa shape index (κ1) is 24.8. The molecular formula is C25H30F2N6O2S. The molecule has 5 rings (SSSR count). The number of aromatic nitrogens is 2.